The Labute approximate surface area is 247 Å². The van der Waals surface area contributed by atoms with E-state index in [-0.39, 0.29) is 11.8 Å². The van der Waals surface area contributed by atoms with Crippen LogP contribution in [0.25, 0.3) is 22.5 Å². The van der Waals surface area contributed by atoms with Gasteiger partial charge in [0.1, 0.15) is 0 Å². The Kier molecular flexibility index (Phi) is 8.58. The van der Waals surface area contributed by atoms with Crippen molar-refractivity contribution in [2.24, 2.45) is 11.8 Å². The van der Waals surface area contributed by atoms with E-state index in [0.717, 1.165) is 92.5 Å². The molecule has 1 amide bonds. The first-order valence-electron chi connectivity index (χ1n) is 15.0. The molecule has 1 saturated heterocycles. The third kappa shape index (κ3) is 7.03. The summed E-state index contributed by atoms with van der Waals surface area (Å²) < 4.78 is 7.52. The van der Waals surface area contributed by atoms with E-state index >= 15 is 0 Å². The number of anilines is 3. The summed E-state index contributed by atoms with van der Waals surface area (Å²) in [6.45, 7) is 9.80. The monoisotopic (exact) mass is 565 g/mol. The van der Waals surface area contributed by atoms with Gasteiger partial charge in [-0.3, -0.25) is 14.4 Å². The zero-order valence-corrected chi connectivity index (χ0v) is 24.4. The summed E-state index contributed by atoms with van der Waals surface area (Å²) in [5.74, 6) is 1.24. The predicted molar refractivity (Wildman–Crippen MR) is 166 cm³/mol. The van der Waals surface area contributed by atoms with Crippen LogP contribution in [-0.4, -0.2) is 63.4 Å². The smallest absolute Gasteiger partial charge is 0.227 e. The Balaban J connectivity index is 1.21. The Hall–Kier alpha value is -4.08. The lowest BCUT2D eigenvalue weighted by molar-refractivity contribution is -0.117. The summed E-state index contributed by atoms with van der Waals surface area (Å²) in [7, 11) is 0. The second-order valence-corrected chi connectivity index (χ2v) is 11.6. The van der Waals surface area contributed by atoms with Crippen LogP contribution >= 0.6 is 0 Å². The minimum Gasteiger partial charge on any atom is -0.379 e. The molecule has 0 spiro atoms. The van der Waals surface area contributed by atoms with Crippen LogP contribution in [-0.2, 0) is 22.5 Å². The number of aromatic nitrogens is 4. The molecule has 0 unspecified atom stereocenters. The van der Waals surface area contributed by atoms with Gasteiger partial charge in [-0.25, -0.2) is 9.97 Å². The van der Waals surface area contributed by atoms with E-state index in [9.17, 15) is 4.79 Å². The molecule has 3 heterocycles. The van der Waals surface area contributed by atoms with E-state index in [0.29, 0.717) is 11.9 Å². The minimum absolute atomic E-state index is 0.108. The fourth-order valence-corrected chi connectivity index (χ4v) is 5.28. The lowest BCUT2D eigenvalue weighted by atomic mass is 10.0. The molecule has 6 rings (SSSR count). The molecule has 42 heavy (non-hydrogen) atoms. The number of carbonyl (C=O) groups excluding carboxylic acids is 1. The van der Waals surface area contributed by atoms with Gasteiger partial charge in [0.25, 0.3) is 0 Å². The second kappa shape index (κ2) is 12.8. The van der Waals surface area contributed by atoms with Crippen molar-refractivity contribution in [3.63, 3.8) is 0 Å². The molecule has 1 saturated carbocycles. The summed E-state index contributed by atoms with van der Waals surface area (Å²) in [5.41, 5.74) is 6.81. The van der Waals surface area contributed by atoms with E-state index in [1.807, 2.05) is 47.3 Å². The summed E-state index contributed by atoms with van der Waals surface area (Å²) >= 11 is 0. The van der Waals surface area contributed by atoms with Crippen molar-refractivity contribution < 1.29 is 9.53 Å². The highest BCUT2D eigenvalue weighted by atomic mass is 16.5. The third-order valence-electron chi connectivity index (χ3n) is 7.69. The van der Waals surface area contributed by atoms with Crippen molar-refractivity contribution in [1.82, 2.24) is 24.6 Å². The van der Waals surface area contributed by atoms with E-state index < -0.39 is 0 Å². The number of amides is 1. The number of ether oxygens (including phenoxy) is 1. The average Bonchev–Trinajstić information content (AvgIpc) is 3.78. The molecule has 2 fully saturated rings. The maximum atomic E-state index is 12.2. The molecule has 1 aliphatic heterocycles. The molecule has 9 heteroatoms. The quantitative estimate of drug-likeness (QED) is 0.243. The van der Waals surface area contributed by atoms with Crippen molar-refractivity contribution >= 4 is 23.2 Å². The Morgan fingerprint density at radius 3 is 2.62 bits per heavy atom. The maximum absolute atomic E-state index is 12.2. The van der Waals surface area contributed by atoms with Crippen LogP contribution in [0.2, 0.25) is 0 Å². The van der Waals surface area contributed by atoms with Gasteiger partial charge < -0.3 is 15.4 Å². The zero-order chi connectivity index (χ0) is 28.9. The largest absolute Gasteiger partial charge is 0.379 e. The molecule has 2 aromatic heterocycles. The van der Waals surface area contributed by atoms with Crippen molar-refractivity contribution in [3.8, 4) is 22.5 Å². The number of hydrogen-bond acceptors (Lipinski definition) is 7. The molecular formula is C33H39N7O2. The minimum atomic E-state index is 0.108. The van der Waals surface area contributed by atoms with Gasteiger partial charge in [0.2, 0.25) is 11.9 Å². The molecule has 218 valence electrons. The zero-order valence-electron chi connectivity index (χ0n) is 24.4. The molecule has 2 aromatic carbocycles. The van der Waals surface area contributed by atoms with Crippen molar-refractivity contribution in [2.45, 2.75) is 39.7 Å². The van der Waals surface area contributed by atoms with E-state index in [1.54, 1.807) is 6.20 Å². The molecule has 2 aliphatic rings. The first-order chi connectivity index (χ1) is 20.5. The van der Waals surface area contributed by atoms with Crippen LogP contribution in [0.1, 0.15) is 32.3 Å². The van der Waals surface area contributed by atoms with Gasteiger partial charge in [-0.1, -0.05) is 38.1 Å². The SMILES string of the molecule is CC(C)Cn1ncc(-c2ccnc(Nc3cccc(CCN4CCOCC4)c3)n2)c1-c1ccc(NC(=O)C2CC2)cc1. The Morgan fingerprint density at radius 1 is 1.05 bits per heavy atom. The molecule has 2 N–H and O–H groups in total. The first-order valence-corrected chi connectivity index (χ1v) is 15.0. The highest BCUT2D eigenvalue weighted by molar-refractivity contribution is 5.94. The van der Waals surface area contributed by atoms with Crippen LogP contribution in [0, 0.1) is 11.8 Å². The fourth-order valence-electron chi connectivity index (χ4n) is 5.28. The van der Waals surface area contributed by atoms with Crippen LogP contribution in [0.15, 0.2) is 67.0 Å². The topological polar surface area (TPSA) is 97.2 Å². The molecule has 9 nitrogen and oxygen atoms in total. The lowest BCUT2D eigenvalue weighted by Gasteiger charge is -2.26. The van der Waals surface area contributed by atoms with Gasteiger partial charge in [-0.15, -0.1) is 0 Å². The van der Waals surface area contributed by atoms with Crippen LogP contribution in [0.4, 0.5) is 17.3 Å². The van der Waals surface area contributed by atoms with Gasteiger partial charge in [0, 0.05) is 60.8 Å². The van der Waals surface area contributed by atoms with E-state index in [1.165, 1.54) is 5.56 Å². The van der Waals surface area contributed by atoms with Gasteiger partial charge in [0.05, 0.1) is 30.8 Å². The molecular weight excluding hydrogens is 526 g/mol. The van der Waals surface area contributed by atoms with Crippen molar-refractivity contribution in [1.29, 1.82) is 0 Å². The number of benzene rings is 2. The average molecular weight is 566 g/mol. The van der Waals surface area contributed by atoms with Crippen molar-refractivity contribution in [3.05, 3.63) is 72.6 Å². The van der Waals surface area contributed by atoms with Crippen molar-refractivity contribution in [2.75, 3.05) is 43.5 Å². The maximum Gasteiger partial charge on any atom is 0.227 e. The van der Waals surface area contributed by atoms with Gasteiger partial charge in [-0.2, -0.15) is 5.10 Å². The molecule has 1 aliphatic carbocycles. The highest BCUT2D eigenvalue weighted by Gasteiger charge is 2.29. The van der Waals surface area contributed by atoms with E-state index in [2.05, 4.69) is 52.6 Å². The fraction of sp³-hybridized carbons (Fsp3) is 0.394. The van der Waals surface area contributed by atoms with Crippen LogP contribution < -0.4 is 10.6 Å². The second-order valence-electron chi connectivity index (χ2n) is 11.6. The standard InChI is InChI=1S/C33H39N7O2/c1-23(2)22-40-31(25-8-10-27(11-9-25)36-32(41)26-6-7-26)29(21-35-40)30-12-14-34-33(38-30)37-28-5-3-4-24(20-28)13-15-39-16-18-42-19-17-39/h3-5,8-12,14,20-21,23,26H,6-7,13,15-19,22H2,1-2H3,(H,36,41)(H,34,37,38). The van der Waals surface area contributed by atoms with Gasteiger partial charge in [-0.05, 0) is 61.1 Å². The molecule has 0 radical (unpaired) electrons. The summed E-state index contributed by atoms with van der Waals surface area (Å²) in [5, 5.41) is 11.2. The first kappa shape index (κ1) is 28.1. The summed E-state index contributed by atoms with van der Waals surface area (Å²) in [4.78, 5) is 24.1. The van der Waals surface area contributed by atoms with Crippen LogP contribution in [0.3, 0.4) is 0 Å². The number of nitrogens with one attached hydrogen (secondary N) is 2. The summed E-state index contributed by atoms with van der Waals surface area (Å²) in [6.07, 6.45) is 6.62. The highest BCUT2D eigenvalue weighted by Crippen LogP contribution is 2.34. The normalized spacial score (nSPS) is 15.6. The molecule has 0 bridgehead atoms. The predicted octanol–water partition coefficient (Wildman–Crippen LogP) is 5.63. The number of nitrogens with zero attached hydrogens (tertiary/aromatic N) is 5. The van der Waals surface area contributed by atoms with Crippen LogP contribution in [0.5, 0.6) is 0 Å². The van der Waals surface area contributed by atoms with Gasteiger partial charge in [0.15, 0.2) is 0 Å². The number of rotatable bonds is 11. The molecule has 0 atom stereocenters. The lowest BCUT2D eigenvalue weighted by Crippen LogP contribution is -2.37. The van der Waals surface area contributed by atoms with E-state index in [4.69, 9.17) is 14.8 Å². The molecule has 4 aromatic rings. The number of morpholine rings is 1. The Morgan fingerprint density at radius 2 is 1.86 bits per heavy atom. The number of hydrogen-bond donors (Lipinski definition) is 2. The number of carbonyl (C=O) groups is 1. The van der Waals surface area contributed by atoms with Gasteiger partial charge >= 0.3 is 0 Å². The Bertz CT molecular complexity index is 1510. The third-order valence-corrected chi connectivity index (χ3v) is 7.69. The summed E-state index contributed by atoms with van der Waals surface area (Å²) in [6, 6.07) is 18.4.